The van der Waals surface area contributed by atoms with Gasteiger partial charge in [-0.05, 0) is 56.5 Å². The van der Waals surface area contributed by atoms with Gasteiger partial charge in [0.15, 0.2) is 0 Å². The third kappa shape index (κ3) is 2.86. The molecule has 1 atom stereocenters. The van der Waals surface area contributed by atoms with E-state index in [1.165, 1.54) is 5.69 Å². The van der Waals surface area contributed by atoms with Gasteiger partial charge in [-0.2, -0.15) is 0 Å². The van der Waals surface area contributed by atoms with E-state index in [0.717, 1.165) is 42.7 Å². The molecule has 2 aromatic rings. The number of carbonyl (C=O) groups excluding carboxylic acids is 1. The lowest BCUT2D eigenvalue weighted by Gasteiger charge is -2.38. The number of hydrogen-bond acceptors (Lipinski definition) is 3. The number of rotatable bonds is 5. The fraction of sp³-hybridized carbons (Fsp3) is 0.381. The Kier molecular flexibility index (Phi) is 4.12. The van der Waals surface area contributed by atoms with Crippen LogP contribution in [0.3, 0.4) is 0 Å². The first-order chi connectivity index (χ1) is 12.2. The Balaban J connectivity index is 1.67. The van der Waals surface area contributed by atoms with Crippen molar-refractivity contribution in [3.8, 4) is 0 Å². The number of benzene rings is 2. The largest absolute Gasteiger partial charge is 0.372 e. The molecule has 1 amide bonds. The van der Waals surface area contributed by atoms with Crippen molar-refractivity contribution < 1.29 is 4.79 Å². The molecule has 2 aromatic carbocycles. The summed E-state index contributed by atoms with van der Waals surface area (Å²) in [5.74, 6) is 0.148. The van der Waals surface area contributed by atoms with Gasteiger partial charge in [-0.25, -0.2) is 0 Å². The van der Waals surface area contributed by atoms with Crippen LogP contribution in [0.4, 0.5) is 11.4 Å². The minimum absolute atomic E-state index is 0.0827. The standard InChI is InChI=1S/C21H25N3O/c1-3-23(4-2)16-11-9-15(10-12-16)20-22-19-8-6-5-7-18(19)21(25)24(20)17-13-14-17/h5-12,17,20,22H,3-4,13-14H2,1-2H3/t20-/m1/s1. The molecule has 4 heteroatoms. The van der Waals surface area contributed by atoms with E-state index in [1.807, 2.05) is 29.2 Å². The molecule has 0 bridgehead atoms. The average Bonchev–Trinajstić information content (AvgIpc) is 3.48. The summed E-state index contributed by atoms with van der Waals surface area (Å²) in [6, 6.07) is 16.8. The Hall–Kier alpha value is -2.49. The number of para-hydroxylation sites is 1. The molecule has 0 radical (unpaired) electrons. The SMILES string of the molecule is CCN(CC)c1ccc([C@@H]2Nc3ccccc3C(=O)N2C2CC2)cc1. The highest BCUT2D eigenvalue weighted by molar-refractivity contribution is 6.02. The van der Waals surface area contributed by atoms with Crippen LogP contribution in [0.5, 0.6) is 0 Å². The second-order valence-electron chi connectivity index (χ2n) is 6.80. The van der Waals surface area contributed by atoms with Crippen molar-refractivity contribution in [1.82, 2.24) is 4.90 Å². The van der Waals surface area contributed by atoms with Gasteiger partial charge in [0.25, 0.3) is 5.91 Å². The predicted molar refractivity (Wildman–Crippen MR) is 102 cm³/mol. The lowest BCUT2D eigenvalue weighted by molar-refractivity contribution is 0.0666. The van der Waals surface area contributed by atoms with E-state index in [9.17, 15) is 4.79 Å². The second kappa shape index (κ2) is 6.43. The molecule has 130 valence electrons. The van der Waals surface area contributed by atoms with E-state index in [4.69, 9.17) is 0 Å². The third-order valence-electron chi connectivity index (χ3n) is 5.24. The Labute approximate surface area is 149 Å². The van der Waals surface area contributed by atoms with Gasteiger partial charge >= 0.3 is 0 Å². The summed E-state index contributed by atoms with van der Waals surface area (Å²) in [4.78, 5) is 17.4. The smallest absolute Gasteiger partial charge is 0.258 e. The molecule has 0 saturated heterocycles. The number of amides is 1. The number of fused-ring (bicyclic) bond motifs is 1. The normalized spacial score (nSPS) is 19.4. The Morgan fingerprint density at radius 2 is 1.72 bits per heavy atom. The van der Waals surface area contributed by atoms with Crippen LogP contribution in [-0.2, 0) is 0 Å². The maximum absolute atomic E-state index is 13.0. The zero-order valence-electron chi connectivity index (χ0n) is 14.9. The molecule has 4 nitrogen and oxygen atoms in total. The summed E-state index contributed by atoms with van der Waals surface area (Å²) in [5.41, 5.74) is 4.09. The molecule has 1 fully saturated rings. The number of nitrogens with one attached hydrogen (secondary N) is 1. The summed E-state index contributed by atoms with van der Waals surface area (Å²) in [7, 11) is 0. The average molecular weight is 335 g/mol. The van der Waals surface area contributed by atoms with Crippen LogP contribution >= 0.6 is 0 Å². The molecule has 4 rings (SSSR count). The van der Waals surface area contributed by atoms with E-state index in [-0.39, 0.29) is 12.1 Å². The Bertz CT molecular complexity index is 763. The van der Waals surface area contributed by atoms with Crippen LogP contribution in [-0.4, -0.2) is 29.9 Å². The zero-order chi connectivity index (χ0) is 17.4. The van der Waals surface area contributed by atoms with Crippen LogP contribution in [0.2, 0.25) is 0 Å². The summed E-state index contributed by atoms with van der Waals surface area (Å²) in [6.07, 6.45) is 2.12. The first-order valence-electron chi connectivity index (χ1n) is 9.26. The highest BCUT2D eigenvalue weighted by Crippen LogP contribution is 2.40. The molecule has 1 saturated carbocycles. The first-order valence-corrected chi connectivity index (χ1v) is 9.26. The van der Waals surface area contributed by atoms with E-state index in [2.05, 4.69) is 48.3 Å². The molecular formula is C21H25N3O. The molecule has 0 aromatic heterocycles. The lowest BCUT2D eigenvalue weighted by Crippen LogP contribution is -2.44. The van der Waals surface area contributed by atoms with E-state index in [0.29, 0.717) is 6.04 Å². The molecular weight excluding hydrogens is 310 g/mol. The van der Waals surface area contributed by atoms with Gasteiger partial charge in [-0.15, -0.1) is 0 Å². The van der Waals surface area contributed by atoms with Crippen molar-refractivity contribution in [3.05, 3.63) is 59.7 Å². The summed E-state index contributed by atoms with van der Waals surface area (Å²) < 4.78 is 0. The molecule has 1 aliphatic carbocycles. The van der Waals surface area contributed by atoms with Gasteiger partial charge in [0.1, 0.15) is 6.17 Å². The summed E-state index contributed by atoms with van der Waals surface area (Å²) >= 11 is 0. The third-order valence-corrected chi connectivity index (χ3v) is 5.24. The van der Waals surface area contributed by atoms with Gasteiger partial charge in [0.2, 0.25) is 0 Å². The molecule has 25 heavy (non-hydrogen) atoms. The predicted octanol–water partition coefficient (Wildman–Crippen LogP) is 4.26. The van der Waals surface area contributed by atoms with Crippen molar-refractivity contribution in [3.63, 3.8) is 0 Å². The van der Waals surface area contributed by atoms with E-state index in [1.54, 1.807) is 0 Å². The first kappa shape index (κ1) is 16.0. The molecule has 1 N–H and O–H groups in total. The van der Waals surface area contributed by atoms with E-state index >= 15 is 0 Å². The van der Waals surface area contributed by atoms with Crippen molar-refractivity contribution in [1.29, 1.82) is 0 Å². The van der Waals surface area contributed by atoms with Crippen LogP contribution in [0, 0.1) is 0 Å². The second-order valence-corrected chi connectivity index (χ2v) is 6.80. The Morgan fingerprint density at radius 3 is 2.36 bits per heavy atom. The summed E-state index contributed by atoms with van der Waals surface area (Å²) in [5, 5.41) is 3.58. The Morgan fingerprint density at radius 1 is 1.04 bits per heavy atom. The van der Waals surface area contributed by atoms with Crippen LogP contribution in [0.15, 0.2) is 48.5 Å². The summed E-state index contributed by atoms with van der Waals surface area (Å²) in [6.45, 7) is 6.34. The molecule has 1 heterocycles. The number of carbonyl (C=O) groups is 1. The van der Waals surface area contributed by atoms with Crippen molar-refractivity contribution in [2.24, 2.45) is 0 Å². The molecule has 0 spiro atoms. The van der Waals surface area contributed by atoms with Crippen LogP contribution < -0.4 is 10.2 Å². The maximum Gasteiger partial charge on any atom is 0.258 e. The van der Waals surface area contributed by atoms with Gasteiger partial charge in [0, 0.05) is 30.5 Å². The minimum Gasteiger partial charge on any atom is -0.372 e. The lowest BCUT2D eigenvalue weighted by atomic mass is 10.0. The quantitative estimate of drug-likeness (QED) is 0.887. The van der Waals surface area contributed by atoms with Crippen molar-refractivity contribution in [2.45, 2.75) is 38.9 Å². The highest BCUT2D eigenvalue weighted by atomic mass is 16.2. The topological polar surface area (TPSA) is 35.6 Å². The fourth-order valence-electron chi connectivity index (χ4n) is 3.70. The fourth-order valence-corrected chi connectivity index (χ4v) is 3.70. The van der Waals surface area contributed by atoms with Gasteiger partial charge in [-0.1, -0.05) is 24.3 Å². The maximum atomic E-state index is 13.0. The van der Waals surface area contributed by atoms with Crippen molar-refractivity contribution in [2.75, 3.05) is 23.3 Å². The van der Waals surface area contributed by atoms with Crippen LogP contribution in [0.1, 0.15) is 48.8 Å². The number of hydrogen-bond donors (Lipinski definition) is 1. The highest BCUT2D eigenvalue weighted by Gasteiger charge is 2.41. The molecule has 1 aliphatic heterocycles. The van der Waals surface area contributed by atoms with Crippen LogP contribution in [0.25, 0.3) is 0 Å². The van der Waals surface area contributed by atoms with E-state index < -0.39 is 0 Å². The number of anilines is 2. The van der Waals surface area contributed by atoms with Gasteiger partial charge < -0.3 is 15.1 Å². The van der Waals surface area contributed by atoms with Gasteiger partial charge in [-0.3, -0.25) is 4.79 Å². The minimum atomic E-state index is -0.0827. The van der Waals surface area contributed by atoms with Gasteiger partial charge in [0.05, 0.1) is 5.56 Å². The van der Waals surface area contributed by atoms with Crippen molar-refractivity contribution >= 4 is 17.3 Å². The number of nitrogens with zero attached hydrogens (tertiary/aromatic N) is 2. The monoisotopic (exact) mass is 335 g/mol. The zero-order valence-corrected chi connectivity index (χ0v) is 14.9. The molecule has 0 unspecified atom stereocenters. The molecule has 2 aliphatic rings.